The fraction of sp³-hybridized carbons (Fsp3) is 0.300. The van der Waals surface area contributed by atoms with E-state index in [4.69, 9.17) is 9.83 Å². The number of benzene rings is 2. The van der Waals surface area contributed by atoms with Crippen molar-refractivity contribution in [2.24, 2.45) is 4.99 Å². The molecule has 1 amide bonds. The Morgan fingerprint density at radius 3 is 2.42 bits per heavy atom. The van der Waals surface area contributed by atoms with Gasteiger partial charge >= 0.3 is 0 Å². The molecule has 1 fully saturated rings. The number of halogens is 1. The van der Waals surface area contributed by atoms with Crippen LogP contribution in [-0.4, -0.2) is 35.5 Å². The van der Waals surface area contributed by atoms with Gasteiger partial charge in [-0.3, -0.25) is 4.79 Å². The molecule has 2 heterocycles. The summed E-state index contributed by atoms with van der Waals surface area (Å²) >= 11 is 3.44. The number of carbonyl (C=O) groups excluding carboxylic acids is 1. The van der Waals surface area contributed by atoms with E-state index in [1.165, 1.54) is 0 Å². The van der Waals surface area contributed by atoms with E-state index >= 15 is 0 Å². The topological polar surface area (TPSA) is 53.9 Å². The van der Waals surface area contributed by atoms with Crippen LogP contribution in [0.1, 0.15) is 34.3 Å². The molecule has 26 heavy (non-hydrogen) atoms. The van der Waals surface area contributed by atoms with Crippen LogP contribution in [0.3, 0.4) is 0 Å². The Hall–Kier alpha value is -2.18. The molecule has 6 heteroatoms. The monoisotopic (exact) mass is 413 g/mol. The predicted octanol–water partition coefficient (Wildman–Crippen LogP) is 3.67. The molecule has 0 unspecified atom stereocenters. The van der Waals surface area contributed by atoms with E-state index in [0.29, 0.717) is 25.9 Å². The first-order valence-corrected chi connectivity index (χ1v) is 9.50. The number of nitrogens with one attached hydrogen (secondary N) is 1. The van der Waals surface area contributed by atoms with Gasteiger partial charge in [0.05, 0.1) is 0 Å². The maximum atomic E-state index is 12.7. The summed E-state index contributed by atoms with van der Waals surface area (Å²) in [5.41, 5.74) is 5.26. The molecule has 0 radical (unpaired) electrons. The number of amides is 1. The van der Waals surface area contributed by atoms with Gasteiger partial charge in [-0.25, -0.2) is 15.3 Å². The van der Waals surface area contributed by atoms with Gasteiger partial charge in [0, 0.05) is 41.5 Å². The number of aryl methyl sites for hydroxylation is 1. The summed E-state index contributed by atoms with van der Waals surface area (Å²) in [6, 6.07) is 15.7. The van der Waals surface area contributed by atoms with Crippen molar-refractivity contribution in [3.8, 4) is 0 Å². The second-order valence-corrected chi connectivity index (χ2v) is 7.69. The first-order valence-electron chi connectivity index (χ1n) is 8.70. The Bertz CT molecular complexity index is 838. The quantitative estimate of drug-likeness (QED) is 0.816. The van der Waals surface area contributed by atoms with Crippen molar-refractivity contribution in [2.75, 3.05) is 13.1 Å². The van der Waals surface area contributed by atoms with Crippen molar-refractivity contribution in [1.29, 1.82) is 0 Å². The fourth-order valence-corrected chi connectivity index (χ4v) is 3.54. The lowest BCUT2D eigenvalue weighted by Crippen LogP contribution is -2.46. The minimum atomic E-state index is -0.577. The van der Waals surface area contributed by atoms with E-state index in [-0.39, 0.29) is 5.91 Å². The Balaban J connectivity index is 1.44. The number of amidine groups is 1. The molecular weight excluding hydrogens is 394 g/mol. The van der Waals surface area contributed by atoms with Gasteiger partial charge in [-0.05, 0) is 31.2 Å². The van der Waals surface area contributed by atoms with Crippen LogP contribution in [0.15, 0.2) is 58.0 Å². The van der Waals surface area contributed by atoms with Gasteiger partial charge in [0.1, 0.15) is 0 Å². The van der Waals surface area contributed by atoms with E-state index < -0.39 is 5.72 Å². The number of likely N-dealkylation sites (tertiary alicyclic amines) is 1. The first-order chi connectivity index (χ1) is 12.5. The second kappa shape index (κ2) is 6.85. The lowest BCUT2D eigenvalue weighted by atomic mass is 10.00. The molecule has 2 aromatic carbocycles. The molecule has 2 aromatic rings. The van der Waals surface area contributed by atoms with Crippen molar-refractivity contribution in [3.63, 3.8) is 0 Å². The number of nitrogens with zero attached hydrogens (tertiary/aromatic N) is 2. The molecule has 0 aromatic heterocycles. The second-order valence-electron chi connectivity index (χ2n) is 6.78. The molecule has 4 rings (SSSR count). The van der Waals surface area contributed by atoms with E-state index in [1.54, 1.807) is 0 Å². The minimum absolute atomic E-state index is 0.0721. The van der Waals surface area contributed by atoms with Crippen LogP contribution >= 0.6 is 15.9 Å². The zero-order valence-electron chi connectivity index (χ0n) is 14.5. The van der Waals surface area contributed by atoms with E-state index in [0.717, 1.165) is 27.0 Å². The molecule has 134 valence electrons. The summed E-state index contributed by atoms with van der Waals surface area (Å²) in [5, 5.41) is 0. The van der Waals surface area contributed by atoms with Gasteiger partial charge in [0.2, 0.25) is 0 Å². The van der Waals surface area contributed by atoms with Gasteiger partial charge in [-0.15, -0.1) is 0 Å². The lowest BCUT2D eigenvalue weighted by Gasteiger charge is -2.35. The normalized spacial score (nSPS) is 18.5. The predicted molar refractivity (Wildman–Crippen MR) is 104 cm³/mol. The minimum Gasteiger partial charge on any atom is -0.338 e. The van der Waals surface area contributed by atoms with Gasteiger partial charge in [-0.2, -0.15) is 0 Å². The van der Waals surface area contributed by atoms with Crippen LogP contribution in [0, 0.1) is 6.92 Å². The maximum Gasteiger partial charge on any atom is 0.253 e. The number of rotatable bonds is 2. The number of hydroxylamine groups is 1. The zero-order valence-corrected chi connectivity index (χ0v) is 16.1. The van der Waals surface area contributed by atoms with Crippen molar-refractivity contribution in [1.82, 2.24) is 10.4 Å². The Kier molecular flexibility index (Phi) is 4.54. The largest absolute Gasteiger partial charge is 0.338 e. The fourth-order valence-electron chi connectivity index (χ4n) is 3.28. The summed E-state index contributed by atoms with van der Waals surface area (Å²) < 4.78 is 1.03. The highest BCUT2D eigenvalue weighted by Crippen LogP contribution is 2.31. The van der Waals surface area contributed by atoms with Crippen molar-refractivity contribution < 1.29 is 9.63 Å². The third kappa shape index (κ3) is 3.39. The average molecular weight is 414 g/mol. The highest BCUT2D eigenvalue weighted by molar-refractivity contribution is 9.10. The highest BCUT2D eigenvalue weighted by atomic mass is 79.9. The molecular formula is C20H20BrN3O2. The number of aliphatic imine (C=N–C) groups is 1. The SMILES string of the molecule is Cc1ccc(C(=O)N2CCC3(CC2)N=C(c2ccc(Br)cc2)NO3)cc1. The maximum absolute atomic E-state index is 12.7. The molecule has 0 atom stereocenters. The Morgan fingerprint density at radius 1 is 1.12 bits per heavy atom. The Labute approximate surface area is 161 Å². The molecule has 2 aliphatic heterocycles. The van der Waals surface area contributed by atoms with E-state index in [2.05, 4.69) is 21.4 Å². The van der Waals surface area contributed by atoms with E-state index in [9.17, 15) is 4.79 Å². The summed E-state index contributed by atoms with van der Waals surface area (Å²) in [6.45, 7) is 3.28. The van der Waals surface area contributed by atoms with Gasteiger partial charge in [-0.1, -0.05) is 45.8 Å². The molecule has 1 spiro atoms. The van der Waals surface area contributed by atoms with Crippen LogP contribution in [0.5, 0.6) is 0 Å². The van der Waals surface area contributed by atoms with Crippen LogP contribution in [0.25, 0.3) is 0 Å². The molecule has 2 aliphatic rings. The van der Waals surface area contributed by atoms with Crippen molar-refractivity contribution >= 4 is 27.7 Å². The smallest absolute Gasteiger partial charge is 0.253 e. The molecule has 0 saturated carbocycles. The highest BCUT2D eigenvalue weighted by Gasteiger charge is 2.41. The van der Waals surface area contributed by atoms with Crippen molar-refractivity contribution in [2.45, 2.75) is 25.5 Å². The number of piperidine rings is 1. The number of hydrogen-bond donors (Lipinski definition) is 1. The average Bonchev–Trinajstić information content (AvgIpc) is 3.07. The van der Waals surface area contributed by atoms with Crippen LogP contribution in [0.4, 0.5) is 0 Å². The molecule has 1 saturated heterocycles. The third-order valence-corrected chi connectivity index (χ3v) is 5.43. The lowest BCUT2D eigenvalue weighted by molar-refractivity contribution is -0.0849. The van der Waals surface area contributed by atoms with Crippen LogP contribution in [-0.2, 0) is 4.84 Å². The molecule has 1 N–H and O–H groups in total. The van der Waals surface area contributed by atoms with Crippen LogP contribution < -0.4 is 5.48 Å². The number of hydrogen-bond acceptors (Lipinski definition) is 4. The molecule has 0 bridgehead atoms. The van der Waals surface area contributed by atoms with Gasteiger partial charge in [0.15, 0.2) is 11.6 Å². The Morgan fingerprint density at radius 2 is 1.77 bits per heavy atom. The molecule has 0 aliphatic carbocycles. The van der Waals surface area contributed by atoms with Gasteiger partial charge < -0.3 is 4.90 Å². The van der Waals surface area contributed by atoms with Crippen LogP contribution in [0.2, 0.25) is 0 Å². The van der Waals surface area contributed by atoms with Crippen molar-refractivity contribution in [3.05, 3.63) is 69.7 Å². The van der Waals surface area contributed by atoms with Gasteiger partial charge in [0.25, 0.3) is 5.91 Å². The third-order valence-electron chi connectivity index (χ3n) is 4.90. The number of carbonyl (C=O) groups is 1. The standard InChI is InChI=1S/C20H20BrN3O2/c1-14-2-4-16(5-3-14)19(25)24-12-10-20(11-13-24)22-18(23-26-20)15-6-8-17(21)9-7-15/h2-9H,10-13H2,1H3,(H,22,23). The summed E-state index contributed by atoms with van der Waals surface area (Å²) in [4.78, 5) is 25.2. The molecule has 5 nitrogen and oxygen atoms in total. The first kappa shape index (κ1) is 17.2. The van der Waals surface area contributed by atoms with E-state index in [1.807, 2.05) is 60.4 Å². The summed E-state index contributed by atoms with van der Waals surface area (Å²) in [5.74, 6) is 0.818. The zero-order chi connectivity index (χ0) is 18.1. The summed E-state index contributed by atoms with van der Waals surface area (Å²) in [7, 11) is 0. The summed E-state index contributed by atoms with van der Waals surface area (Å²) in [6.07, 6.45) is 1.36.